The van der Waals surface area contributed by atoms with Gasteiger partial charge in [0.25, 0.3) is 0 Å². The molecule has 0 spiro atoms. The van der Waals surface area contributed by atoms with E-state index < -0.39 is 0 Å². The van der Waals surface area contributed by atoms with Crippen molar-refractivity contribution in [1.29, 1.82) is 0 Å². The van der Waals surface area contributed by atoms with E-state index in [0.717, 1.165) is 68.4 Å². The molecule has 0 bridgehead atoms. The van der Waals surface area contributed by atoms with E-state index in [1.807, 2.05) is 30.3 Å². The molecule has 0 radical (unpaired) electrons. The van der Waals surface area contributed by atoms with E-state index in [4.69, 9.17) is 9.47 Å². The van der Waals surface area contributed by atoms with E-state index in [-0.39, 0.29) is 0 Å². The van der Waals surface area contributed by atoms with Crippen molar-refractivity contribution >= 4 is 56.9 Å². The number of benzene rings is 14. The van der Waals surface area contributed by atoms with Crippen LogP contribution in [0, 0.1) is 0 Å². The van der Waals surface area contributed by atoms with Gasteiger partial charge in [-0.3, -0.25) is 0 Å². The molecule has 0 fully saturated rings. The highest BCUT2D eigenvalue weighted by Crippen LogP contribution is 2.42. The van der Waals surface area contributed by atoms with Crippen LogP contribution in [0.3, 0.4) is 0 Å². The molecule has 94 heavy (non-hydrogen) atoms. The molecule has 0 saturated heterocycles. The van der Waals surface area contributed by atoms with Gasteiger partial charge in [0, 0.05) is 77.0 Å². The zero-order chi connectivity index (χ0) is 64.0. The Kier molecular flexibility index (Phi) is 18.6. The largest absolute Gasteiger partial charge is 0.497 e. The van der Waals surface area contributed by atoms with Gasteiger partial charge >= 0.3 is 0 Å². The van der Waals surface area contributed by atoms with E-state index in [1.54, 1.807) is 14.2 Å². The van der Waals surface area contributed by atoms with Crippen molar-refractivity contribution in [2.75, 3.05) is 47.9 Å². The van der Waals surface area contributed by atoms with Crippen LogP contribution in [-0.4, -0.2) is 28.3 Å². The molecule has 0 amide bonds. The molecule has 0 aromatic heterocycles. The summed E-state index contributed by atoms with van der Waals surface area (Å²) in [6, 6.07) is 129. The minimum Gasteiger partial charge on any atom is -0.497 e. The molecule has 0 aliphatic rings. The monoisotopic (exact) mass is 1220 g/mol. The second kappa shape index (κ2) is 28.8. The third-order valence-corrected chi connectivity index (χ3v) is 17.2. The van der Waals surface area contributed by atoms with E-state index >= 15 is 0 Å². The lowest BCUT2D eigenvalue weighted by molar-refractivity contribution is 0.415. The van der Waals surface area contributed by atoms with Gasteiger partial charge in [-0.05, 0) is 200 Å². The maximum absolute atomic E-state index is 5.42. The van der Waals surface area contributed by atoms with Gasteiger partial charge in [0.15, 0.2) is 0 Å². The van der Waals surface area contributed by atoms with Crippen LogP contribution in [0.25, 0.3) is 66.8 Å². The molecule has 0 aliphatic heterocycles. The lowest BCUT2D eigenvalue weighted by atomic mass is 10.0. The molecule has 6 nitrogen and oxygen atoms in total. The molecular weight excluding hydrogens is 1140 g/mol. The quantitative estimate of drug-likeness (QED) is 0.0851. The average molecular weight is 1220 g/mol. The molecule has 0 saturated carbocycles. The van der Waals surface area contributed by atoms with Crippen LogP contribution < -0.4 is 29.1 Å². The van der Waals surface area contributed by atoms with Gasteiger partial charge in [-0.25, -0.2) is 0 Å². The maximum atomic E-state index is 5.42. The minimum atomic E-state index is 0.846. The summed E-state index contributed by atoms with van der Waals surface area (Å²) in [4.78, 5) is 9.03. The van der Waals surface area contributed by atoms with E-state index in [0.29, 0.717) is 0 Å². The van der Waals surface area contributed by atoms with E-state index in [1.165, 1.54) is 66.8 Å². The maximum Gasteiger partial charge on any atom is 0.120 e. The predicted octanol–water partition coefficient (Wildman–Crippen LogP) is 23.9. The van der Waals surface area contributed by atoms with E-state index in [2.05, 4.69) is 367 Å². The fraction of sp³-hybridized carbons (Fsp3) is 0.0455. The Bertz CT molecular complexity index is 4570. The summed E-state index contributed by atoms with van der Waals surface area (Å²) < 4.78 is 10.7. The first kappa shape index (κ1) is 60.8. The van der Waals surface area contributed by atoms with Gasteiger partial charge in [0.05, 0.1) is 14.2 Å². The first-order chi connectivity index (χ1) is 46.3. The Morgan fingerprint density at radius 2 is 0.404 bits per heavy atom. The Balaban J connectivity index is 0.000000171. The standard InChI is InChI=1S/2C44H36N2O/c1-45(41-18-11-21-44(32-41)47-2)39-26-22-35(23-27-39)36-24-28-40(29-25-36)46(42-19-9-16-37(30-42)33-12-5-3-6-13-33)43-20-10-17-38(31-43)34-14-7-4-8-15-34;1-45(40-27-29-44(47-2)30-28-40)39-23-19-35(20-24-39)36-21-25-41(26-22-36)46(42-17-9-15-37(31-42)33-11-5-3-6-12-33)43-18-10-16-38(32-43)34-13-7-4-8-14-34/h2*3-32H,1-2H3. The lowest BCUT2D eigenvalue weighted by Crippen LogP contribution is -2.10. The van der Waals surface area contributed by atoms with Gasteiger partial charge in [-0.15, -0.1) is 0 Å². The van der Waals surface area contributed by atoms with Crippen molar-refractivity contribution in [3.8, 4) is 78.3 Å². The van der Waals surface area contributed by atoms with Crippen LogP contribution in [0.4, 0.5) is 56.9 Å². The highest BCUT2D eigenvalue weighted by Gasteiger charge is 2.18. The number of hydrogen-bond donors (Lipinski definition) is 0. The van der Waals surface area contributed by atoms with Crippen LogP contribution in [0.1, 0.15) is 0 Å². The molecule has 0 aliphatic carbocycles. The zero-order valence-corrected chi connectivity index (χ0v) is 53.2. The van der Waals surface area contributed by atoms with Gasteiger partial charge < -0.3 is 29.1 Å². The summed E-state index contributed by atoms with van der Waals surface area (Å²) in [5, 5.41) is 0. The van der Waals surface area contributed by atoms with Crippen LogP contribution >= 0.6 is 0 Å². The third-order valence-electron chi connectivity index (χ3n) is 17.2. The molecule has 14 rings (SSSR count). The van der Waals surface area contributed by atoms with Crippen molar-refractivity contribution in [2.24, 2.45) is 0 Å². The van der Waals surface area contributed by atoms with Crippen molar-refractivity contribution in [3.63, 3.8) is 0 Å². The van der Waals surface area contributed by atoms with Crippen LogP contribution in [0.15, 0.2) is 364 Å². The molecule has 456 valence electrons. The van der Waals surface area contributed by atoms with Crippen molar-refractivity contribution in [2.45, 2.75) is 0 Å². The SMILES string of the molecule is COc1ccc(N(C)c2ccc(-c3ccc(N(c4cccc(-c5ccccc5)c4)c4cccc(-c5ccccc5)c4)cc3)cc2)cc1.COc1cccc(N(C)c2ccc(-c3ccc(N(c4cccc(-c5ccccc5)c4)c4cccc(-c5ccccc5)c4)cc3)cc2)c1. The normalized spacial score (nSPS) is 10.8. The molecule has 6 heteroatoms. The van der Waals surface area contributed by atoms with Gasteiger partial charge in [-0.1, -0.05) is 224 Å². The fourth-order valence-corrected chi connectivity index (χ4v) is 12.0. The Morgan fingerprint density at radius 1 is 0.170 bits per heavy atom. The van der Waals surface area contributed by atoms with Crippen molar-refractivity contribution < 1.29 is 9.47 Å². The Morgan fingerprint density at radius 3 is 0.702 bits per heavy atom. The second-order valence-electron chi connectivity index (χ2n) is 23.0. The summed E-state index contributed by atoms with van der Waals surface area (Å²) in [6.45, 7) is 0. The Labute approximate surface area is 553 Å². The summed E-state index contributed by atoms with van der Waals surface area (Å²) >= 11 is 0. The molecule has 14 aromatic carbocycles. The number of rotatable bonds is 18. The van der Waals surface area contributed by atoms with Crippen LogP contribution in [0.5, 0.6) is 11.5 Å². The van der Waals surface area contributed by atoms with Crippen molar-refractivity contribution in [1.82, 2.24) is 0 Å². The van der Waals surface area contributed by atoms with Crippen molar-refractivity contribution in [3.05, 3.63) is 364 Å². The molecule has 0 N–H and O–H groups in total. The third kappa shape index (κ3) is 14.1. The highest BCUT2D eigenvalue weighted by atomic mass is 16.5. The Hall–Kier alpha value is -12.1. The number of hydrogen-bond acceptors (Lipinski definition) is 6. The number of methoxy groups -OCH3 is 2. The van der Waals surface area contributed by atoms with Gasteiger partial charge in [-0.2, -0.15) is 0 Å². The van der Waals surface area contributed by atoms with Gasteiger partial charge in [0.2, 0.25) is 0 Å². The number of nitrogens with zero attached hydrogens (tertiary/aromatic N) is 4. The first-order valence-electron chi connectivity index (χ1n) is 31.7. The smallest absolute Gasteiger partial charge is 0.120 e. The summed E-state index contributed by atoms with van der Waals surface area (Å²) in [7, 11) is 7.54. The topological polar surface area (TPSA) is 31.4 Å². The van der Waals surface area contributed by atoms with Crippen LogP contribution in [0.2, 0.25) is 0 Å². The van der Waals surface area contributed by atoms with Crippen LogP contribution in [-0.2, 0) is 0 Å². The fourth-order valence-electron chi connectivity index (χ4n) is 12.0. The molecule has 14 aromatic rings. The molecule has 0 atom stereocenters. The lowest BCUT2D eigenvalue weighted by Gasteiger charge is -2.27. The minimum absolute atomic E-state index is 0.846. The molecular formula is C88H72N4O2. The summed E-state index contributed by atoms with van der Waals surface area (Å²) in [5.74, 6) is 1.70. The van der Waals surface area contributed by atoms with Gasteiger partial charge in [0.1, 0.15) is 11.5 Å². The summed E-state index contributed by atoms with van der Waals surface area (Å²) in [5.41, 5.74) is 25.2. The second-order valence-corrected chi connectivity index (χ2v) is 23.0. The van der Waals surface area contributed by atoms with E-state index in [9.17, 15) is 0 Å². The number of ether oxygens (including phenoxy) is 2. The zero-order valence-electron chi connectivity index (χ0n) is 53.2. The number of anilines is 10. The first-order valence-corrected chi connectivity index (χ1v) is 31.7. The highest BCUT2D eigenvalue weighted by molar-refractivity contribution is 5.86. The summed E-state index contributed by atoms with van der Waals surface area (Å²) in [6.07, 6.45) is 0. The average Bonchev–Trinajstić information content (AvgIpc) is 0.860. The molecule has 0 heterocycles. The predicted molar refractivity (Wildman–Crippen MR) is 397 cm³/mol. The molecule has 0 unspecified atom stereocenters.